The van der Waals surface area contributed by atoms with E-state index in [-0.39, 0.29) is 6.42 Å². The first-order valence-electron chi connectivity index (χ1n) is 8.24. The van der Waals surface area contributed by atoms with Gasteiger partial charge in [-0.3, -0.25) is 9.69 Å². The third-order valence-electron chi connectivity index (χ3n) is 4.66. The van der Waals surface area contributed by atoms with E-state index in [0.717, 1.165) is 39.0 Å². The Hall–Kier alpha value is -1.39. The van der Waals surface area contributed by atoms with E-state index in [1.54, 1.807) is 0 Å². The summed E-state index contributed by atoms with van der Waals surface area (Å²) in [5.74, 6) is -0.0774. The van der Waals surface area contributed by atoms with Gasteiger partial charge in [0, 0.05) is 25.6 Å². The maximum Gasteiger partial charge on any atom is 0.303 e. The van der Waals surface area contributed by atoms with Crippen LogP contribution in [-0.4, -0.2) is 53.6 Å². The van der Waals surface area contributed by atoms with E-state index in [9.17, 15) is 4.79 Å². The van der Waals surface area contributed by atoms with Crippen LogP contribution >= 0.6 is 0 Å². The van der Waals surface area contributed by atoms with Gasteiger partial charge in [-0.1, -0.05) is 37.3 Å². The van der Waals surface area contributed by atoms with Gasteiger partial charge in [-0.05, 0) is 44.5 Å². The number of hydrogen-bond donors (Lipinski definition) is 1. The number of hydrogen-bond acceptors (Lipinski definition) is 3. The Labute approximate surface area is 133 Å². The first-order chi connectivity index (χ1) is 10.6. The Morgan fingerprint density at radius 3 is 2.73 bits per heavy atom. The van der Waals surface area contributed by atoms with E-state index in [1.807, 2.05) is 0 Å². The zero-order chi connectivity index (χ0) is 15.9. The van der Waals surface area contributed by atoms with Gasteiger partial charge in [0.15, 0.2) is 0 Å². The second kappa shape index (κ2) is 8.30. The third kappa shape index (κ3) is 5.11. The highest BCUT2D eigenvalue weighted by molar-refractivity contribution is 5.66. The quantitative estimate of drug-likeness (QED) is 0.841. The molecular formula is C18H28N2O2. The fraction of sp³-hybridized carbons (Fsp3) is 0.611. The largest absolute Gasteiger partial charge is 0.481 e. The van der Waals surface area contributed by atoms with Crippen molar-refractivity contribution in [1.29, 1.82) is 0 Å². The zero-order valence-corrected chi connectivity index (χ0v) is 13.7. The molecule has 0 aromatic heterocycles. The van der Waals surface area contributed by atoms with Crippen LogP contribution in [0.5, 0.6) is 0 Å². The molecule has 0 aliphatic carbocycles. The van der Waals surface area contributed by atoms with Gasteiger partial charge < -0.3 is 10.0 Å². The van der Waals surface area contributed by atoms with Crippen molar-refractivity contribution in [2.45, 2.75) is 38.8 Å². The highest BCUT2D eigenvalue weighted by Gasteiger charge is 2.28. The lowest BCUT2D eigenvalue weighted by Gasteiger charge is -2.41. The molecule has 1 aliphatic rings. The molecule has 22 heavy (non-hydrogen) atoms. The number of benzene rings is 1. The van der Waals surface area contributed by atoms with Crippen LogP contribution < -0.4 is 0 Å². The monoisotopic (exact) mass is 304 g/mol. The number of carboxylic acid groups (broad SMARTS) is 1. The molecule has 4 heteroatoms. The van der Waals surface area contributed by atoms with Crippen LogP contribution in [0.1, 0.15) is 31.7 Å². The van der Waals surface area contributed by atoms with Crippen LogP contribution in [0.4, 0.5) is 0 Å². The molecule has 0 radical (unpaired) electrons. The number of rotatable bonds is 7. The molecule has 1 aromatic carbocycles. The Morgan fingerprint density at radius 1 is 1.36 bits per heavy atom. The molecule has 1 N–H and O–H groups in total. The average Bonchev–Trinajstić information content (AvgIpc) is 2.48. The van der Waals surface area contributed by atoms with Gasteiger partial charge in [0.2, 0.25) is 0 Å². The van der Waals surface area contributed by atoms with E-state index < -0.39 is 5.97 Å². The molecule has 1 saturated heterocycles. The van der Waals surface area contributed by atoms with Crippen molar-refractivity contribution in [3.8, 4) is 0 Å². The Bertz CT molecular complexity index is 463. The summed E-state index contributed by atoms with van der Waals surface area (Å²) in [7, 11) is 2.13. The number of nitrogens with zero attached hydrogens (tertiary/aromatic N) is 2. The Kier molecular flexibility index (Phi) is 6.40. The van der Waals surface area contributed by atoms with E-state index in [4.69, 9.17) is 5.11 Å². The van der Waals surface area contributed by atoms with Crippen molar-refractivity contribution in [3.05, 3.63) is 35.9 Å². The van der Waals surface area contributed by atoms with Crippen molar-refractivity contribution in [2.24, 2.45) is 5.92 Å². The molecule has 1 aromatic rings. The summed E-state index contributed by atoms with van der Waals surface area (Å²) < 4.78 is 0. The van der Waals surface area contributed by atoms with Crippen LogP contribution in [0, 0.1) is 5.92 Å². The van der Waals surface area contributed by atoms with E-state index in [2.05, 4.69) is 54.1 Å². The number of piperidine rings is 1. The summed E-state index contributed by atoms with van der Waals surface area (Å²) in [5.41, 5.74) is 1.38. The molecule has 122 valence electrons. The predicted molar refractivity (Wildman–Crippen MR) is 88.8 cm³/mol. The lowest BCUT2D eigenvalue weighted by atomic mass is 9.92. The third-order valence-corrected chi connectivity index (χ3v) is 4.66. The van der Waals surface area contributed by atoms with Gasteiger partial charge in [0.05, 0.1) is 0 Å². The summed E-state index contributed by atoms with van der Waals surface area (Å²) in [6.45, 7) is 6.45. The molecule has 0 bridgehead atoms. The fourth-order valence-corrected chi connectivity index (χ4v) is 3.51. The minimum atomic E-state index is -0.695. The van der Waals surface area contributed by atoms with Crippen LogP contribution in [0.15, 0.2) is 30.3 Å². The van der Waals surface area contributed by atoms with Crippen molar-refractivity contribution in [1.82, 2.24) is 9.80 Å². The number of carbonyl (C=O) groups is 1. The van der Waals surface area contributed by atoms with E-state index in [0.29, 0.717) is 12.0 Å². The van der Waals surface area contributed by atoms with Gasteiger partial charge in [0.1, 0.15) is 0 Å². The molecule has 0 spiro atoms. The first kappa shape index (κ1) is 17.0. The average molecular weight is 304 g/mol. The normalized spacial score (nSPS) is 22.9. The standard InChI is InChI=1S/C18H28N2O2/c1-15-13-20(14-16-7-4-3-5-8-16)12-10-17(15)19(2)11-6-9-18(21)22/h3-5,7-8,15,17H,6,9-14H2,1-2H3,(H,21,22)/t15-,17+/m1/s1. The SMILES string of the molecule is C[C@@H]1CN(Cc2ccccc2)CC[C@@H]1N(C)CCCC(=O)O. The molecule has 1 aliphatic heterocycles. The van der Waals surface area contributed by atoms with Crippen LogP contribution in [0.3, 0.4) is 0 Å². The van der Waals surface area contributed by atoms with Crippen molar-refractivity contribution in [2.75, 3.05) is 26.7 Å². The van der Waals surface area contributed by atoms with Crippen LogP contribution in [0.25, 0.3) is 0 Å². The topological polar surface area (TPSA) is 43.8 Å². The number of carboxylic acids is 1. The molecule has 2 rings (SSSR count). The summed E-state index contributed by atoms with van der Waals surface area (Å²) in [6, 6.07) is 11.2. The minimum absolute atomic E-state index is 0.269. The van der Waals surface area contributed by atoms with E-state index >= 15 is 0 Å². The number of aliphatic carboxylic acids is 1. The minimum Gasteiger partial charge on any atom is -0.481 e. The molecular weight excluding hydrogens is 276 g/mol. The molecule has 1 heterocycles. The van der Waals surface area contributed by atoms with Gasteiger partial charge in [-0.25, -0.2) is 0 Å². The first-order valence-corrected chi connectivity index (χ1v) is 8.24. The molecule has 2 atom stereocenters. The molecule has 0 amide bonds. The second-order valence-corrected chi connectivity index (χ2v) is 6.53. The molecule has 1 fully saturated rings. The van der Waals surface area contributed by atoms with Gasteiger partial charge in [-0.2, -0.15) is 0 Å². The predicted octanol–water partition coefficient (Wildman–Crippen LogP) is 2.69. The maximum absolute atomic E-state index is 10.6. The highest BCUT2D eigenvalue weighted by Crippen LogP contribution is 2.23. The van der Waals surface area contributed by atoms with Gasteiger partial charge >= 0.3 is 5.97 Å². The maximum atomic E-state index is 10.6. The smallest absolute Gasteiger partial charge is 0.303 e. The van der Waals surface area contributed by atoms with Crippen molar-refractivity contribution >= 4 is 5.97 Å². The summed E-state index contributed by atoms with van der Waals surface area (Å²) in [5, 5.41) is 8.74. The fourth-order valence-electron chi connectivity index (χ4n) is 3.51. The Morgan fingerprint density at radius 2 is 2.09 bits per heavy atom. The second-order valence-electron chi connectivity index (χ2n) is 6.53. The Balaban J connectivity index is 1.78. The molecule has 4 nitrogen and oxygen atoms in total. The molecule has 0 saturated carbocycles. The van der Waals surface area contributed by atoms with E-state index in [1.165, 1.54) is 5.56 Å². The van der Waals surface area contributed by atoms with Crippen LogP contribution in [-0.2, 0) is 11.3 Å². The van der Waals surface area contributed by atoms with Crippen molar-refractivity contribution in [3.63, 3.8) is 0 Å². The zero-order valence-electron chi connectivity index (χ0n) is 13.7. The highest BCUT2D eigenvalue weighted by atomic mass is 16.4. The van der Waals surface area contributed by atoms with Gasteiger partial charge in [-0.15, -0.1) is 0 Å². The number of likely N-dealkylation sites (tertiary alicyclic amines) is 1. The lowest BCUT2D eigenvalue weighted by Crippen LogP contribution is -2.48. The van der Waals surface area contributed by atoms with Gasteiger partial charge in [0.25, 0.3) is 0 Å². The lowest BCUT2D eigenvalue weighted by molar-refractivity contribution is -0.137. The summed E-state index contributed by atoms with van der Waals surface area (Å²) >= 11 is 0. The summed E-state index contributed by atoms with van der Waals surface area (Å²) in [6.07, 6.45) is 2.17. The van der Waals surface area contributed by atoms with Crippen molar-refractivity contribution < 1.29 is 9.90 Å². The van der Waals surface area contributed by atoms with Crippen LogP contribution in [0.2, 0.25) is 0 Å². The molecule has 0 unspecified atom stereocenters. The summed E-state index contributed by atoms with van der Waals surface area (Å²) in [4.78, 5) is 15.5.